The van der Waals surface area contributed by atoms with Crippen LogP contribution in [0, 0.1) is 0 Å². The van der Waals surface area contributed by atoms with Gasteiger partial charge in [0, 0.05) is 10.1 Å². The maximum absolute atomic E-state index is 10.9. The van der Waals surface area contributed by atoms with Gasteiger partial charge in [0.25, 0.3) is 0 Å². The third kappa shape index (κ3) is 3.77. The monoisotopic (exact) mass is 250 g/mol. The number of rotatable bonds is 3. The summed E-state index contributed by atoms with van der Waals surface area (Å²) in [5, 5.41) is 9.62. The van der Waals surface area contributed by atoms with Crippen LogP contribution in [0.5, 0.6) is 0 Å². The summed E-state index contributed by atoms with van der Waals surface area (Å²) >= 11 is 1.85. The largest absolute Gasteiger partial charge is 0.478 e. The van der Waals surface area contributed by atoms with Crippen molar-refractivity contribution in [2.24, 2.45) is 0 Å². The minimum Gasteiger partial charge on any atom is -0.478 e. The van der Waals surface area contributed by atoms with Crippen molar-refractivity contribution in [2.75, 3.05) is 0 Å². The van der Waals surface area contributed by atoms with Crippen molar-refractivity contribution in [3.8, 4) is 0 Å². The second kappa shape index (κ2) is 6.10. The van der Waals surface area contributed by atoms with E-state index in [1.165, 1.54) is 38.5 Å². The molecule has 2 nitrogen and oxygen atoms in total. The smallest absolute Gasteiger partial charge is 0.335 e. The fourth-order valence-electron chi connectivity index (χ4n) is 2.25. The molecule has 0 spiro atoms. The van der Waals surface area contributed by atoms with Crippen molar-refractivity contribution >= 4 is 17.7 Å². The standard InChI is InChI=1S/C14H18O2S/c15-14(16)11-6-5-9-13(10-11)17-12-7-3-1-2-4-8-12/h5-6,9-10,12H,1-4,7-8H2,(H,15,16). The Bertz CT molecular complexity index is 382. The molecule has 0 saturated heterocycles. The number of aromatic carboxylic acids is 1. The normalized spacial score (nSPS) is 17.6. The van der Waals surface area contributed by atoms with Crippen LogP contribution < -0.4 is 0 Å². The van der Waals surface area contributed by atoms with E-state index in [0.29, 0.717) is 10.8 Å². The first-order valence-corrected chi connectivity index (χ1v) is 7.14. The van der Waals surface area contributed by atoms with Gasteiger partial charge in [-0.15, -0.1) is 11.8 Å². The average Bonchev–Trinajstić information content (AvgIpc) is 2.58. The molecule has 0 aromatic heterocycles. The van der Waals surface area contributed by atoms with Gasteiger partial charge in [-0.05, 0) is 31.0 Å². The first kappa shape index (κ1) is 12.5. The second-order valence-electron chi connectivity index (χ2n) is 4.56. The molecule has 0 heterocycles. The molecule has 1 aromatic rings. The molecule has 0 amide bonds. The zero-order valence-electron chi connectivity index (χ0n) is 9.89. The molecular formula is C14H18O2S. The van der Waals surface area contributed by atoms with E-state index in [-0.39, 0.29) is 0 Å². The molecule has 1 saturated carbocycles. The number of carboxylic acids is 1. The Labute approximate surface area is 106 Å². The van der Waals surface area contributed by atoms with E-state index >= 15 is 0 Å². The van der Waals surface area contributed by atoms with E-state index in [4.69, 9.17) is 5.11 Å². The van der Waals surface area contributed by atoms with Crippen LogP contribution in [0.3, 0.4) is 0 Å². The van der Waals surface area contributed by atoms with Crippen LogP contribution in [0.1, 0.15) is 48.9 Å². The van der Waals surface area contributed by atoms with E-state index in [1.807, 2.05) is 23.9 Å². The highest BCUT2D eigenvalue weighted by atomic mass is 32.2. The van der Waals surface area contributed by atoms with Crippen molar-refractivity contribution in [3.63, 3.8) is 0 Å². The van der Waals surface area contributed by atoms with Crippen LogP contribution in [-0.4, -0.2) is 16.3 Å². The van der Waals surface area contributed by atoms with Gasteiger partial charge in [0.15, 0.2) is 0 Å². The van der Waals surface area contributed by atoms with Crippen molar-refractivity contribution < 1.29 is 9.90 Å². The topological polar surface area (TPSA) is 37.3 Å². The summed E-state index contributed by atoms with van der Waals surface area (Å²) < 4.78 is 0. The summed E-state index contributed by atoms with van der Waals surface area (Å²) in [5.41, 5.74) is 0.392. The molecule has 17 heavy (non-hydrogen) atoms. The summed E-state index contributed by atoms with van der Waals surface area (Å²) in [4.78, 5) is 12.0. The van der Waals surface area contributed by atoms with Crippen LogP contribution in [0.15, 0.2) is 29.2 Å². The zero-order chi connectivity index (χ0) is 12.1. The third-order valence-electron chi connectivity index (χ3n) is 3.19. The van der Waals surface area contributed by atoms with Crippen LogP contribution in [0.2, 0.25) is 0 Å². The summed E-state index contributed by atoms with van der Waals surface area (Å²) in [6.07, 6.45) is 7.87. The summed E-state index contributed by atoms with van der Waals surface area (Å²) in [5.74, 6) is -0.840. The Morgan fingerprint density at radius 2 is 1.88 bits per heavy atom. The number of carbonyl (C=O) groups is 1. The zero-order valence-corrected chi connectivity index (χ0v) is 10.7. The first-order chi connectivity index (χ1) is 8.25. The Hall–Kier alpha value is -0.960. The number of thioether (sulfide) groups is 1. The molecule has 1 fully saturated rings. The maximum Gasteiger partial charge on any atom is 0.335 e. The van der Waals surface area contributed by atoms with Gasteiger partial charge in [0.2, 0.25) is 0 Å². The highest BCUT2D eigenvalue weighted by Gasteiger charge is 2.14. The van der Waals surface area contributed by atoms with Gasteiger partial charge < -0.3 is 5.11 Å². The van der Waals surface area contributed by atoms with Crippen molar-refractivity contribution in [3.05, 3.63) is 29.8 Å². The van der Waals surface area contributed by atoms with E-state index < -0.39 is 5.97 Å². The molecule has 0 aliphatic heterocycles. The molecule has 92 valence electrons. The minimum absolute atomic E-state index is 0.392. The summed E-state index contributed by atoms with van der Waals surface area (Å²) in [6.45, 7) is 0. The lowest BCUT2D eigenvalue weighted by Gasteiger charge is -2.13. The summed E-state index contributed by atoms with van der Waals surface area (Å²) in [7, 11) is 0. The number of benzene rings is 1. The quantitative estimate of drug-likeness (QED) is 0.817. The fourth-order valence-corrected chi connectivity index (χ4v) is 3.56. The number of hydrogen-bond donors (Lipinski definition) is 1. The lowest BCUT2D eigenvalue weighted by molar-refractivity contribution is 0.0696. The van der Waals surface area contributed by atoms with Crippen molar-refractivity contribution in [1.29, 1.82) is 0 Å². The van der Waals surface area contributed by atoms with Crippen molar-refractivity contribution in [2.45, 2.75) is 48.7 Å². The lowest BCUT2D eigenvalue weighted by Crippen LogP contribution is -2.01. The second-order valence-corrected chi connectivity index (χ2v) is 5.94. The highest BCUT2D eigenvalue weighted by Crippen LogP contribution is 2.33. The molecule has 1 N–H and O–H groups in total. The molecule has 2 rings (SSSR count). The van der Waals surface area contributed by atoms with E-state index in [9.17, 15) is 4.79 Å². The van der Waals surface area contributed by atoms with Gasteiger partial charge in [0.05, 0.1) is 5.56 Å². The minimum atomic E-state index is -0.840. The van der Waals surface area contributed by atoms with Gasteiger partial charge in [0.1, 0.15) is 0 Å². The first-order valence-electron chi connectivity index (χ1n) is 6.26. The van der Waals surface area contributed by atoms with Gasteiger partial charge >= 0.3 is 5.97 Å². The molecule has 0 radical (unpaired) electrons. The Morgan fingerprint density at radius 3 is 2.53 bits per heavy atom. The highest BCUT2D eigenvalue weighted by molar-refractivity contribution is 8.00. The van der Waals surface area contributed by atoms with Gasteiger partial charge in [-0.2, -0.15) is 0 Å². The average molecular weight is 250 g/mol. The molecule has 0 atom stereocenters. The van der Waals surface area contributed by atoms with E-state index in [1.54, 1.807) is 12.1 Å². The SMILES string of the molecule is O=C(O)c1cccc(SC2CCCCCC2)c1. The predicted octanol–water partition coefficient (Wildman–Crippen LogP) is 4.20. The Kier molecular flexibility index (Phi) is 4.49. The van der Waals surface area contributed by atoms with E-state index in [2.05, 4.69) is 0 Å². The lowest BCUT2D eigenvalue weighted by atomic mass is 10.2. The third-order valence-corrected chi connectivity index (χ3v) is 4.52. The molecule has 1 aromatic carbocycles. The molecule has 0 unspecified atom stereocenters. The van der Waals surface area contributed by atoms with Gasteiger partial charge in [-0.3, -0.25) is 0 Å². The summed E-state index contributed by atoms with van der Waals surface area (Å²) in [6, 6.07) is 7.29. The van der Waals surface area contributed by atoms with Crippen LogP contribution >= 0.6 is 11.8 Å². The number of hydrogen-bond acceptors (Lipinski definition) is 2. The van der Waals surface area contributed by atoms with E-state index in [0.717, 1.165) is 4.90 Å². The molecule has 1 aliphatic rings. The van der Waals surface area contributed by atoms with Crippen LogP contribution in [0.25, 0.3) is 0 Å². The predicted molar refractivity (Wildman–Crippen MR) is 70.7 cm³/mol. The Morgan fingerprint density at radius 1 is 1.18 bits per heavy atom. The van der Waals surface area contributed by atoms with Crippen LogP contribution in [0.4, 0.5) is 0 Å². The van der Waals surface area contributed by atoms with Gasteiger partial charge in [-0.25, -0.2) is 4.79 Å². The fraction of sp³-hybridized carbons (Fsp3) is 0.500. The molecule has 3 heteroatoms. The number of carboxylic acid groups (broad SMARTS) is 1. The molecular weight excluding hydrogens is 232 g/mol. The van der Waals surface area contributed by atoms with Crippen LogP contribution in [-0.2, 0) is 0 Å². The van der Waals surface area contributed by atoms with Gasteiger partial charge in [-0.1, -0.05) is 31.7 Å². The molecule has 1 aliphatic carbocycles. The van der Waals surface area contributed by atoms with Crippen molar-refractivity contribution in [1.82, 2.24) is 0 Å². The maximum atomic E-state index is 10.9. The molecule has 0 bridgehead atoms. The Balaban J connectivity index is 2.01.